The minimum Gasteiger partial charge on any atom is -0.379 e. The summed E-state index contributed by atoms with van der Waals surface area (Å²) in [6.45, 7) is 0.426. The van der Waals surface area contributed by atoms with Crippen LogP contribution >= 0.6 is 0 Å². The van der Waals surface area contributed by atoms with E-state index in [-0.39, 0.29) is 10.6 Å². The van der Waals surface area contributed by atoms with E-state index >= 15 is 0 Å². The molecule has 3 rings (SSSR count). The summed E-state index contributed by atoms with van der Waals surface area (Å²) in [5.41, 5.74) is 1.75. The van der Waals surface area contributed by atoms with Crippen LogP contribution in [0.2, 0.25) is 0 Å². The number of nitrogens with zero attached hydrogens (tertiary/aromatic N) is 3. The van der Waals surface area contributed by atoms with Gasteiger partial charge >= 0.3 is 5.69 Å². The van der Waals surface area contributed by atoms with Crippen LogP contribution in [-0.2, 0) is 16.3 Å². The molecule has 8 nitrogen and oxygen atoms in total. The third kappa shape index (κ3) is 4.32. The Hall–Kier alpha value is -3.20. The van der Waals surface area contributed by atoms with E-state index in [1.165, 1.54) is 18.2 Å². The molecule has 140 valence electrons. The number of aromatic nitrogens is 2. The van der Waals surface area contributed by atoms with Gasteiger partial charge in [0.15, 0.2) is 9.84 Å². The fourth-order valence-corrected chi connectivity index (χ4v) is 3.59. The fraction of sp³-hybridized carbons (Fsp3) is 0.167. The molecule has 1 aromatic heterocycles. The molecule has 1 N–H and O–H groups in total. The lowest BCUT2D eigenvalue weighted by Gasteiger charge is -2.10. The van der Waals surface area contributed by atoms with E-state index in [0.717, 1.165) is 17.5 Å². The van der Waals surface area contributed by atoms with Crippen LogP contribution in [0.5, 0.6) is 0 Å². The maximum Gasteiger partial charge on any atom is 0.310 e. The van der Waals surface area contributed by atoms with Crippen molar-refractivity contribution in [1.82, 2.24) is 9.78 Å². The van der Waals surface area contributed by atoms with Crippen LogP contribution in [0.15, 0.2) is 65.8 Å². The molecule has 0 aliphatic rings. The zero-order valence-electron chi connectivity index (χ0n) is 14.6. The first kappa shape index (κ1) is 18.6. The second-order valence-electron chi connectivity index (χ2n) is 5.98. The highest BCUT2D eigenvalue weighted by Gasteiger charge is 2.25. The van der Waals surface area contributed by atoms with Gasteiger partial charge in [-0.3, -0.25) is 10.1 Å². The number of sulfone groups is 1. The first-order valence-corrected chi connectivity index (χ1v) is 10.1. The molecule has 0 fully saturated rings. The molecule has 0 saturated carbocycles. The largest absolute Gasteiger partial charge is 0.379 e. The number of benzene rings is 2. The van der Waals surface area contributed by atoms with Gasteiger partial charge in [0.25, 0.3) is 0 Å². The van der Waals surface area contributed by atoms with Crippen LogP contribution in [0.3, 0.4) is 0 Å². The summed E-state index contributed by atoms with van der Waals surface area (Å²) in [5.74, 6) is 0. The molecule has 0 aliphatic carbocycles. The molecular weight excluding hydrogens is 368 g/mol. The molecule has 1 heterocycles. The molecule has 9 heteroatoms. The Labute approximate surface area is 156 Å². The van der Waals surface area contributed by atoms with Crippen LogP contribution in [-0.4, -0.2) is 35.9 Å². The Balaban J connectivity index is 1.71. The molecule has 0 radical (unpaired) electrons. The minimum atomic E-state index is -3.69. The SMILES string of the molecule is CS(=O)(=O)c1cccc(NCCc2ccc(-n3cccn3)cc2)c1[N+](=O)[O-]. The molecule has 0 saturated heterocycles. The van der Waals surface area contributed by atoms with Gasteiger partial charge < -0.3 is 5.32 Å². The highest BCUT2D eigenvalue weighted by Crippen LogP contribution is 2.31. The van der Waals surface area contributed by atoms with Gasteiger partial charge in [-0.1, -0.05) is 18.2 Å². The summed E-state index contributed by atoms with van der Waals surface area (Å²) >= 11 is 0. The van der Waals surface area contributed by atoms with Gasteiger partial charge in [-0.25, -0.2) is 13.1 Å². The van der Waals surface area contributed by atoms with Gasteiger partial charge in [0.1, 0.15) is 10.6 Å². The highest BCUT2D eigenvalue weighted by atomic mass is 32.2. The van der Waals surface area contributed by atoms with Crippen molar-refractivity contribution in [2.75, 3.05) is 18.1 Å². The lowest BCUT2D eigenvalue weighted by molar-refractivity contribution is -0.386. The zero-order valence-corrected chi connectivity index (χ0v) is 15.4. The standard InChI is InChI=1S/C18H18N4O4S/c1-27(25,26)17-5-2-4-16(18(17)22(23)24)19-12-10-14-6-8-15(9-7-14)21-13-3-11-20-21/h2-9,11,13,19H,10,12H2,1H3. The summed E-state index contributed by atoms with van der Waals surface area (Å²) in [5, 5.41) is 18.5. The summed E-state index contributed by atoms with van der Waals surface area (Å²) in [6, 6.07) is 13.9. The van der Waals surface area contributed by atoms with Crippen LogP contribution in [0.4, 0.5) is 11.4 Å². The molecule has 3 aromatic rings. The lowest BCUT2D eigenvalue weighted by atomic mass is 10.1. The predicted molar refractivity (Wildman–Crippen MR) is 102 cm³/mol. The molecule has 0 aliphatic heterocycles. The van der Waals surface area contributed by atoms with Crippen molar-refractivity contribution in [3.8, 4) is 5.69 Å². The van der Waals surface area contributed by atoms with E-state index in [2.05, 4.69) is 10.4 Å². The van der Waals surface area contributed by atoms with Crippen molar-refractivity contribution in [3.05, 3.63) is 76.6 Å². The average molecular weight is 386 g/mol. The van der Waals surface area contributed by atoms with Crippen molar-refractivity contribution in [1.29, 1.82) is 0 Å². The molecule has 0 atom stereocenters. The second-order valence-corrected chi connectivity index (χ2v) is 7.96. The van der Waals surface area contributed by atoms with E-state index in [1.807, 2.05) is 36.5 Å². The number of hydrogen-bond acceptors (Lipinski definition) is 6. The number of anilines is 1. The van der Waals surface area contributed by atoms with Crippen LogP contribution in [0.25, 0.3) is 5.69 Å². The number of para-hydroxylation sites is 1. The number of nitrogens with one attached hydrogen (secondary N) is 1. The molecule has 0 unspecified atom stereocenters. The van der Waals surface area contributed by atoms with E-state index < -0.39 is 20.4 Å². The molecule has 0 bridgehead atoms. The average Bonchev–Trinajstić information content (AvgIpc) is 3.16. The molecule has 2 aromatic carbocycles. The second kappa shape index (κ2) is 7.58. The number of rotatable bonds is 7. The summed E-state index contributed by atoms with van der Waals surface area (Å²) in [4.78, 5) is 10.4. The van der Waals surface area contributed by atoms with E-state index in [4.69, 9.17) is 0 Å². The maximum absolute atomic E-state index is 11.8. The smallest absolute Gasteiger partial charge is 0.310 e. The van der Waals surface area contributed by atoms with Crippen LogP contribution in [0.1, 0.15) is 5.56 Å². The Morgan fingerprint density at radius 2 is 1.89 bits per heavy atom. The number of nitro benzene ring substituents is 1. The van der Waals surface area contributed by atoms with Gasteiger partial charge in [0.2, 0.25) is 0 Å². The third-order valence-electron chi connectivity index (χ3n) is 4.02. The van der Waals surface area contributed by atoms with Crippen molar-refractivity contribution in [2.24, 2.45) is 0 Å². The lowest BCUT2D eigenvalue weighted by Crippen LogP contribution is -2.10. The third-order valence-corrected chi connectivity index (χ3v) is 5.14. The van der Waals surface area contributed by atoms with Crippen LogP contribution < -0.4 is 5.32 Å². The minimum absolute atomic E-state index is 0.191. The fourth-order valence-electron chi connectivity index (χ4n) is 2.73. The quantitative estimate of drug-likeness (QED) is 0.494. The van der Waals surface area contributed by atoms with Gasteiger partial charge in [-0.15, -0.1) is 0 Å². The Kier molecular flexibility index (Phi) is 5.22. The number of hydrogen-bond donors (Lipinski definition) is 1. The molecule has 0 spiro atoms. The summed E-state index contributed by atoms with van der Waals surface area (Å²) < 4.78 is 25.3. The normalized spacial score (nSPS) is 11.3. The molecule has 0 amide bonds. The van der Waals surface area contributed by atoms with Crippen molar-refractivity contribution in [2.45, 2.75) is 11.3 Å². The monoisotopic (exact) mass is 386 g/mol. The Morgan fingerprint density at radius 1 is 1.15 bits per heavy atom. The number of nitro groups is 1. The predicted octanol–water partition coefficient (Wildman–Crippen LogP) is 2.84. The summed E-state index contributed by atoms with van der Waals surface area (Å²) in [6.07, 6.45) is 5.14. The van der Waals surface area contributed by atoms with Crippen molar-refractivity contribution >= 4 is 21.2 Å². The van der Waals surface area contributed by atoms with E-state index in [0.29, 0.717) is 13.0 Å². The molecule has 27 heavy (non-hydrogen) atoms. The highest BCUT2D eigenvalue weighted by molar-refractivity contribution is 7.90. The van der Waals surface area contributed by atoms with Gasteiger partial charge in [0.05, 0.1) is 10.6 Å². The van der Waals surface area contributed by atoms with Crippen molar-refractivity contribution in [3.63, 3.8) is 0 Å². The maximum atomic E-state index is 11.8. The Morgan fingerprint density at radius 3 is 2.48 bits per heavy atom. The zero-order chi connectivity index (χ0) is 19.4. The topological polar surface area (TPSA) is 107 Å². The van der Waals surface area contributed by atoms with Gasteiger partial charge in [-0.2, -0.15) is 5.10 Å². The summed E-state index contributed by atoms with van der Waals surface area (Å²) in [7, 11) is -3.69. The van der Waals surface area contributed by atoms with E-state index in [9.17, 15) is 18.5 Å². The van der Waals surface area contributed by atoms with Crippen LogP contribution in [0, 0.1) is 10.1 Å². The first-order chi connectivity index (χ1) is 12.9. The van der Waals surface area contributed by atoms with Gasteiger partial charge in [-0.05, 0) is 42.3 Å². The van der Waals surface area contributed by atoms with Gasteiger partial charge in [0, 0.05) is 25.2 Å². The van der Waals surface area contributed by atoms with E-state index in [1.54, 1.807) is 10.9 Å². The Bertz CT molecular complexity index is 1050. The van der Waals surface area contributed by atoms with Crippen molar-refractivity contribution < 1.29 is 13.3 Å². The molecular formula is C18H18N4O4S. The first-order valence-electron chi connectivity index (χ1n) is 8.16.